The Kier molecular flexibility index (Phi) is 4.51. The van der Waals surface area contributed by atoms with Gasteiger partial charge in [-0.3, -0.25) is 10.1 Å². The second-order valence-corrected chi connectivity index (χ2v) is 6.70. The van der Waals surface area contributed by atoms with Crippen molar-refractivity contribution in [2.45, 2.75) is 45.6 Å². The van der Waals surface area contributed by atoms with E-state index in [2.05, 4.69) is 33.5 Å². The highest BCUT2D eigenvalue weighted by Crippen LogP contribution is 2.35. The van der Waals surface area contributed by atoms with Crippen molar-refractivity contribution in [2.24, 2.45) is 0 Å². The van der Waals surface area contributed by atoms with E-state index in [-0.39, 0.29) is 10.6 Å². The second kappa shape index (κ2) is 6.59. The van der Waals surface area contributed by atoms with E-state index in [4.69, 9.17) is 0 Å². The van der Waals surface area contributed by atoms with Gasteiger partial charge in [-0.05, 0) is 45.2 Å². The highest BCUT2D eigenvalue weighted by molar-refractivity contribution is 5.64. The summed E-state index contributed by atoms with van der Waals surface area (Å²) in [4.78, 5) is 13.1. The van der Waals surface area contributed by atoms with Crippen LogP contribution in [0.3, 0.4) is 0 Å². The molecule has 2 heterocycles. The number of aryl methyl sites for hydroxylation is 1. The molecule has 0 radical (unpaired) electrons. The third-order valence-corrected chi connectivity index (χ3v) is 4.69. The van der Waals surface area contributed by atoms with Crippen LogP contribution in [0, 0.1) is 17.0 Å². The first-order valence-corrected chi connectivity index (χ1v) is 8.36. The predicted octanol–water partition coefficient (Wildman–Crippen LogP) is 3.46. The lowest BCUT2D eigenvalue weighted by Gasteiger charge is -2.33. The average molecular weight is 329 g/mol. The molecule has 7 heteroatoms. The lowest BCUT2D eigenvalue weighted by atomic mass is 9.95. The van der Waals surface area contributed by atoms with Gasteiger partial charge in [0.2, 0.25) is 0 Å². The van der Waals surface area contributed by atoms with E-state index in [1.807, 2.05) is 13.0 Å². The third kappa shape index (κ3) is 3.11. The molecular weight excluding hydrogens is 306 g/mol. The molecule has 7 nitrogen and oxygen atoms in total. The van der Waals surface area contributed by atoms with Crippen LogP contribution >= 0.6 is 0 Å². The summed E-state index contributed by atoms with van der Waals surface area (Å²) in [5.41, 5.74) is 1.95. The maximum Gasteiger partial charge on any atom is 0.292 e. The molecule has 128 valence electrons. The van der Waals surface area contributed by atoms with E-state index < -0.39 is 0 Å². The zero-order valence-corrected chi connectivity index (χ0v) is 14.3. The van der Waals surface area contributed by atoms with Crippen LogP contribution in [0.15, 0.2) is 24.5 Å². The van der Waals surface area contributed by atoms with Gasteiger partial charge in [0, 0.05) is 31.1 Å². The van der Waals surface area contributed by atoms with Crippen molar-refractivity contribution in [3.05, 3.63) is 46.0 Å². The summed E-state index contributed by atoms with van der Waals surface area (Å²) in [5.74, 6) is 1.39. The maximum atomic E-state index is 11.3. The molecule has 0 N–H and O–H groups in total. The molecule has 1 aromatic carbocycles. The highest BCUT2D eigenvalue weighted by Gasteiger charge is 2.28. The minimum Gasteiger partial charge on any atom is -0.366 e. The molecule has 0 aliphatic carbocycles. The summed E-state index contributed by atoms with van der Waals surface area (Å²) >= 11 is 0. The third-order valence-electron chi connectivity index (χ3n) is 4.69. The number of anilines is 1. The number of hydrogen-bond acceptors (Lipinski definition) is 5. The molecule has 1 saturated heterocycles. The molecule has 0 atom stereocenters. The average Bonchev–Trinajstić information content (AvgIpc) is 3.04. The highest BCUT2D eigenvalue weighted by atomic mass is 16.6. The van der Waals surface area contributed by atoms with E-state index in [0.717, 1.165) is 43.0 Å². The molecule has 3 rings (SSSR count). The van der Waals surface area contributed by atoms with Gasteiger partial charge in [0.1, 0.15) is 17.8 Å². The first-order chi connectivity index (χ1) is 11.5. The van der Waals surface area contributed by atoms with Crippen LogP contribution in [-0.2, 0) is 0 Å². The monoisotopic (exact) mass is 329 g/mol. The summed E-state index contributed by atoms with van der Waals surface area (Å²) in [7, 11) is 0. The molecular formula is C17H23N5O2. The van der Waals surface area contributed by atoms with Crippen molar-refractivity contribution >= 4 is 11.4 Å². The fraction of sp³-hybridized carbons (Fsp3) is 0.529. The summed E-state index contributed by atoms with van der Waals surface area (Å²) in [6.07, 6.45) is 3.64. The number of nitrogens with zero attached hydrogens (tertiary/aromatic N) is 5. The van der Waals surface area contributed by atoms with Gasteiger partial charge in [-0.25, -0.2) is 0 Å². The number of nitro benzene ring substituents is 1. The Morgan fingerprint density at radius 3 is 2.62 bits per heavy atom. The van der Waals surface area contributed by atoms with Crippen molar-refractivity contribution in [1.29, 1.82) is 0 Å². The van der Waals surface area contributed by atoms with E-state index >= 15 is 0 Å². The molecule has 0 bridgehead atoms. The Bertz CT molecular complexity index is 732. The number of nitro groups is 1. The van der Waals surface area contributed by atoms with Crippen molar-refractivity contribution in [2.75, 3.05) is 18.0 Å². The topological polar surface area (TPSA) is 77.1 Å². The van der Waals surface area contributed by atoms with Crippen LogP contribution in [0.5, 0.6) is 0 Å². The van der Waals surface area contributed by atoms with Gasteiger partial charge >= 0.3 is 0 Å². The maximum absolute atomic E-state index is 11.3. The zero-order valence-electron chi connectivity index (χ0n) is 14.3. The van der Waals surface area contributed by atoms with Gasteiger partial charge in [0.15, 0.2) is 0 Å². The molecule has 1 aromatic heterocycles. The van der Waals surface area contributed by atoms with E-state index in [0.29, 0.717) is 12.0 Å². The minimum atomic E-state index is -0.295. The van der Waals surface area contributed by atoms with Gasteiger partial charge in [-0.15, -0.1) is 10.2 Å². The van der Waals surface area contributed by atoms with Gasteiger partial charge in [0.05, 0.1) is 4.92 Å². The zero-order chi connectivity index (χ0) is 17.3. The van der Waals surface area contributed by atoms with E-state index in [9.17, 15) is 10.1 Å². The molecule has 0 amide bonds. The molecule has 24 heavy (non-hydrogen) atoms. The normalized spacial score (nSPS) is 15.9. The van der Waals surface area contributed by atoms with Crippen molar-refractivity contribution in [1.82, 2.24) is 14.8 Å². The first kappa shape index (κ1) is 16.4. The molecule has 2 aromatic rings. The number of rotatable bonds is 4. The number of hydrogen-bond donors (Lipinski definition) is 0. The first-order valence-electron chi connectivity index (χ1n) is 8.36. The fourth-order valence-electron chi connectivity index (χ4n) is 3.36. The van der Waals surface area contributed by atoms with Gasteiger partial charge in [0.25, 0.3) is 5.69 Å². The summed E-state index contributed by atoms with van der Waals surface area (Å²) in [6, 6.07) is 5.65. The number of aromatic nitrogens is 3. The standard InChI is InChI=1S/C17H23N5O2/c1-12(2)21-11-18-19-17(21)14-6-8-20(9-7-14)16-10-13(3)4-5-15(16)22(23)24/h4-5,10-12,14H,6-9H2,1-3H3. The van der Waals surface area contributed by atoms with Crippen molar-refractivity contribution < 1.29 is 4.92 Å². The Labute approximate surface area is 141 Å². The van der Waals surface area contributed by atoms with Crippen LogP contribution in [0.4, 0.5) is 11.4 Å². The number of benzene rings is 1. The molecule has 1 fully saturated rings. The summed E-state index contributed by atoms with van der Waals surface area (Å²) in [5, 5.41) is 19.7. The van der Waals surface area contributed by atoms with Crippen LogP contribution in [0.1, 0.15) is 50.0 Å². The van der Waals surface area contributed by atoms with Crippen LogP contribution in [0.25, 0.3) is 0 Å². The Morgan fingerprint density at radius 1 is 1.29 bits per heavy atom. The van der Waals surface area contributed by atoms with Crippen LogP contribution < -0.4 is 4.90 Å². The Morgan fingerprint density at radius 2 is 2.00 bits per heavy atom. The van der Waals surface area contributed by atoms with Crippen LogP contribution in [0.2, 0.25) is 0 Å². The summed E-state index contributed by atoms with van der Waals surface area (Å²) in [6.45, 7) is 7.79. The van der Waals surface area contributed by atoms with Crippen molar-refractivity contribution in [3.8, 4) is 0 Å². The van der Waals surface area contributed by atoms with E-state index in [1.165, 1.54) is 0 Å². The lowest BCUT2D eigenvalue weighted by molar-refractivity contribution is -0.384. The Hall–Kier alpha value is -2.44. The summed E-state index contributed by atoms with van der Waals surface area (Å²) < 4.78 is 2.12. The predicted molar refractivity (Wildman–Crippen MR) is 92.4 cm³/mol. The van der Waals surface area contributed by atoms with Gasteiger partial charge in [-0.2, -0.15) is 0 Å². The molecule has 0 saturated carbocycles. The van der Waals surface area contributed by atoms with Crippen molar-refractivity contribution in [3.63, 3.8) is 0 Å². The number of piperidine rings is 1. The molecule has 0 unspecified atom stereocenters. The van der Waals surface area contributed by atoms with Gasteiger partial charge in [-0.1, -0.05) is 6.07 Å². The molecule has 1 aliphatic heterocycles. The largest absolute Gasteiger partial charge is 0.366 e. The molecule has 0 spiro atoms. The fourth-order valence-corrected chi connectivity index (χ4v) is 3.36. The SMILES string of the molecule is Cc1ccc([N+](=O)[O-])c(N2CCC(c3nncn3C(C)C)CC2)c1. The Balaban J connectivity index is 1.77. The molecule has 1 aliphatic rings. The minimum absolute atomic E-state index is 0.185. The van der Waals surface area contributed by atoms with E-state index in [1.54, 1.807) is 18.5 Å². The van der Waals surface area contributed by atoms with Gasteiger partial charge < -0.3 is 9.47 Å². The van der Waals surface area contributed by atoms with Crippen LogP contribution in [-0.4, -0.2) is 32.8 Å². The smallest absolute Gasteiger partial charge is 0.292 e. The quantitative estimate of drug-likeness (QED) is 0.634. The second-order valence-electron chi connectivity index (χ2n) is 6.70. The lowest BCUT2D eigenvalue weighted by Crippen LogP contribution is -2.34.